The first kappa shape index (κ1) is 14.4. The lowest BCUT2D eigenvalue weighted by Crippen LogP contribution is -2.50. The number of esters is 1. The molecule has 0 saturated heterocycles. The SMILES string of the molecule is CCCCCCCOC(=O)C12CC3CC(CC(C3)C1)C2. The highest BCUT2D eigenvalue weighted by molar-refractivity contribution is 5.77. The zero-order valence-corrected chi connectivity index (χ0v) is 13.0. The van der Waals surface area contributed by atoms with Gasteiger partial charge in [-0.2, -0.15) is 0 Å². The second-order valence-corrected chi connectivity index (χ2v) is 7.75. The van der Waals surface area contributed by atoms with Crippen LogP contribution < -0.4 is 0 Å². The maximum Gasteiger partial charge on any atom is 0.312 e. The lowest BCUT2D eigenvalue weighted by molar-refractivity contribution is -0.171. The van der Waals surface area contributed by atoms with Crippen LogP contribution in [0.2, 0.25) is 0 Å². The van der Waals surface area contributed by atoms with Crippen molar-refractivity contribution >= 4 is 5.97 Å². The van der Waals surface area contributed by atoms with Crippen LogP contribution in [-0.2, 0) is 9.53 Å². The molecule has 0 aromatic carbocycles. The molecule has 0 atom stereocenters. The van der Waals surface area contributed by atoms with Crippen LogP contribution in [-0.4, -0.2) is 12.6 Å². The van der Waals surface area contributed by atoms with E-state index < -0.39 is 0 Å². The third kappa shape index (κ3) is 2.89. The first-order chi connectivity index (χ1) is 9.72. The van der Waals surface area contributed by atoms with Gasteiger partial charge in [0.1, 0.15) is 0 Å². The van der Waals surface area contributed by atoms with E-state index in [9.17, 15) is 4.79 Å². The number of carbonyl (C=O) groups is 1. The normalized spacial score (nSPS) is 38.1. The monoisotopic (exact) mass is 278 g/mol. The van der Waals surface area contributed by atoms with E-state index in [1.54, 1.807) is 0 Å². The number of rotatable bonds is 7. The Balaban J connectivity index is 1.45. The van der Waals surface area contributed by atoms with Gasteiger partial charge >= 0.3 is 5.97 Å². The highest BCUT2D eigenvalue weighted by atomic mass is 16.5. The number of ether oxygens (including phenoxy) is 1. The summed E-state index contributed by atoms with van der Waals surface area (Å²) in [5.41, 5.74) is -0.0574. The molecule has 0 heterocycles. The summed E-state index contributed by atoms with van der Waals surface area (Å²) in [5, 5.41) is 0. The molecular weight excluding hydrogens is 248 g/mol. The molecule has 4 rings (SSSR count). The summed E-state index contributed by atoms with van der Waals surface area (Å²) in [7, 11) is 0. The van der Waals surface area contributed by atoms with Crippen molar-refractivity contribution in [2.24, 2.45) is 23.2 Å². The standard InChI is InChI=1S/C18H30O2/c1-2-3-4-5-6-7-20-17(19)18-11-14-8-15(12-18)10-16(9-14)13-18/h14-16H,2-13H2,1H3. The van der Waals surface area contributed by atoms with Crippen LogP contribution in [0.15, 0.2) is 0 Å². The van der Waals surface area contributed by atoms with E-state index in [2.05, 4.69) is 6.92 Å². The molecular formula is C18H30O2. The second kappa shape index (κ2) is 6.07. The van der Waals surface area contributed by atoms with E-state index in [1.165, 1.54) is 44.9 Å². The summed E-state index contributed by atoms with van der Waals surface area (Å²) in [4.78, 5) is 12.6. The molecule has 0 amide bonds. The van der Waals surface area contributed by atoms with Gasteiger partial charge in [-0.15, -0.1) is 0 Å². The van der Waals surface area contributed by atoms with Crippen molar-refractivity contribution in [3.8, 4) is 0 Å². The summed E-state index contributed by atoms with van der Waals surface area (Å²) >= 11 is 0. The predicted octanol–water partition coefficient (Wildman–Crippen LogP) is 4.72. The van der Waals surface area contributed by atoms with Crippen molar-refractivity contribution in [1.29, 1.82) is 0 Å². The van der Waals surface area contributed by atoms with Gasteiger partial charge in [0.05, 0.1) is 12.0 Å². The molecule has 4 aliphatic rings. The van der Waals surface area contributed by atoms with Gasteiger partial charge in [-0.3, -0.25) is 4.79 Å². The van der Waals surface area contributed by atoms with Crippen LogP contribution in [0, 0.1) is 23.2 Å². The lowest BCUT2D eigenvalue weighted by Gasteiger charge is -2.55. The van der Waals surface area contributed by atoms with E-state index >= 15 is 0 Å². The summed E-state index contributed by atoms with van der Waals surface area (Å²) in [6, 6.07) is 0. The first-order valence-electron chi connectivity index (χ1n) is 8.89. The number of hydrogen-bond donors (Lipinski definition) is 0. The van der Waals surface area contributed by atoms with Crippen LogP contribution in [0.5, 0.6) is 0 Å². The Morgan fingerprint density at radius 2 is 1.50 bits per heavy atom. The van der Waals surface area contributed by atoms with Crippen molar-refractivity contribution in [2.45, 2.75) is 77.6 Å². The molecule has 0 unspecified atom stereocenters. The van der Waals surface area contributed by atoms with Crippen molar-refractivity contribution < 1.29 is 9.53 Å². The Morgan fingerprint density at radius 1 is 0.950 bits per heavy atom. The van der Waals surface area contributed by atoms with Gasteiger partial charge in [0.15, 0.2) is 0 Å². The molecule has 4 fully saturated rings. The van der Waals surface area contributed by atoms with Gasteiger partial charge in [0, 0.05) is 0 Å². The molecule has 114 valence electrons. The molecule has 0 aromatic rings. The third-order valence-corrected chi connectivity index (χ3v) is 5.95. The highest BCUT2D eigenvalue weighted by Gasteiger charge is 2.55. The maximum absolute atomic E-state index is 12.6. The van der Waals surface area contributed by atoms with Crippen LogP contribution in [0.25, 0.3) is 0 Å². The average molecular weight is 278 g/mol. The number of unbranched alkanes of at least 4 members (excludes halogenated alkanes) is 4. The zero-order valence-electron chi connectivity index (χ0n) is 13.0. The van der Waals surface area contributed by atoms with Gasteiger partial charge < -0.3 is 4.74 Å². The molecule has 0 aromatic heterocycles. The molecule has 20 heavy (non-hydrogen) atoms. The molecule has 4 bridgehead atoms. The Hall–Kier alpha value is -0.530. The predicted molar refractivity (Wildman–Crippen MR) is 80.3 cm³/mol. The van der Waals surface area contributed by atoms with Crippen LogP contribution in [0.3, 0.4) is 0 Å². The lowest BCUT2D eigenvalue weighted by atomic mass is 9.49. The van der Waals surface area contributed by atoms with Crippen molar-refractivity contribution in [2.75, 3.05) is 6.61 Å². The van der Waals surface area contributed by atoms with Gasteiger partial charge in [-0.1, -0.05) is 32.6 Å². The summed E-state index contributed by atoms with van der Waals surface area (Å²) in [6.07, 6.45) is 13.7. The quantitative estimate of drug-likeness (QED) is 0.497. The summed E-state index contributed by atoms with van der Waals surface area (Å²) in [5.74, 6) is 2.65. The van der Waals surface area contributed by atoms with Gasteiger partial charge in [0.2, 0.25) is 0 Å². The largest absolute Gasteiger partial charge is 0.465 e. The number of carbonyl (C=O) groups excluding carboxylic acids is 1. The van der Waals surface area contributed by atoms with Gasteiger partial charge in [0.25, 0.3) is 0 Å². The van der Waals surface area contributed by atoms with E-state index in [0.29, 0.717) is 6.61 Å². The van der Waals surface area contributed by atoms with E-state index in [4.69, 9.17) is 4.74 Å². The molecule has 0 radical (unpaired) electrons. The molecule has 2 heteroatoms. The topological polar surface area (TPSA) is 26.3 Å². The second-order valence-electron chi connectivity index (χ2n) is 7.75. The molecule has 4 saturated carbocycles. The van der Waals surface area contributed by atoms with Crippen molar-refractivity contribution in [3.05, 3.63) is 0 Å². The molecule has 0 N–H and O–H groups in total. The fourth-order valence-electron chi connectivity index (χ4n) is 5.38. The molecule has 4 aliphatic carbocycles. The Labute approximate surface area is 123 Å². The van der Waals surface area contributed by atoms with Gasteiger partial charge in [-0.25, -0.2) is 0 Å². The van der Waals surface area contributed by atoms with E-state index in [-0.39, 0.29) is 11.4 Å². The van der Waals surface area contributed by atoms with Crippen molar-refractivity contribution in [3.63, 3.8) is 0 Å². The minimum Gasteiger partial charge on any atom is -0.465 e. The van der Waals surface area contributed by atoms with Crippen LogP contribution >= 0.6 is 0 Å². The third-order valence-electron chi connectivity index (χ3n) is 5.95. The van der Waals surface area contributed by atoms with E-state index in [0.717, 1.165) is 43.4 Å². The smallest absolute Gasteiger partial charge is 0.312 e. The first-order valence-corrected chi connectivity index (χ1v) is 8.89. The highest BCUT2D eigenvalue weighted by Crippen LogP contribution is 2.60. The maximum atomic E-state index is 12.6. The molecule has 2 nitrogen and oxygen atoms in total. The zero-order chi connectivity index (χ0) is 14.0. The molecule has 0 aliphatic heterocycles. The number of hydrogen-bond acceptors (Lipinski definition) is 2. The Morgan fingerprint density at radius 3 is 2.05 bits per heavy atom. The van der Waals surface area contributed by atoms with Crippen LogP contribution in [0.1, 0.15) is 77.6 Å². The van der Waals surface area contributed by atoms with Crippen LogP contribution in [0.4, 0.5) is 0 Å². The van der Waals surface area contributed by atoms with E-state index in [1.807, 2.05) is 0 Å². The van der Waals surface area contributed by atoms with Gasteiger partial charge in [-0.05, 0) is 62.7 Å². The average Bonchev–Trinajstić information content (AvgIpc) is 2.41. The summed E-state index contributed by atoms with van der Waals surface area (Å²) < 4.78 is 5.67. The molecule has 0 spiro atoms. The fraction of sp³-hybridized carbons (Fsp3) is 0.944. The Kier molecular flexibility index (Phi) is 4.37. The summed E-state index contributed by atoms with van der Waals surface area (Å²) in [6.45, 7) is 2.89. The Bertz CT molecular complexity index is 312. The minimum atomic E-state index is -0.0574. The van der Waals surface area contributed by atoms with Crippen molar-refractivity contribution in [1.82, 2.24) is 0 Å². The fourth-order valence-corrected chi connectivity index (χ4v) is 5.38. The minimum absolute atomic E-state index is 0.0574.